The highest BCUT2D eigenvalue weighted by Crippen LogP contribution is 2.24. The van der Waals surface area contributed by atoms with Gasteiger partial charge < -0.3 is 10.3 Å². The van der Waals surface area contributed by atoms with Gasteiger partial charge in [-0.1, -0.05) is 18.2 Å². The zero-order valence-electron chi connectivity index (χ0n) is 9.85. The maximum atomic E-state index is 11.9. The fraction of sp³-hybridized carbons (Fsp3) is 0.308. The molecule has 0 saturated heterocycles. The molecular weight excluding hydrogens is 200 g/mol. The molecule has 1 amide bonds. The van der Waals surface area contributed by atoms with Gasteiger partial charge in [0.15, 0.2) is 0 Å². The van der Waals surface area contributed by atoms with Crippen LogP contribution in [0, 0.1) is 13.8 Å². The molecule has 84 valence electrons. The molecule has 3 nitrogen and oxygen atoms in total. The van der Waals surface area contributed by atoms with E-state index < -0.39 is 0 Å². The Morgan fingerprint density at radius 2 is 2.12 bits per heavy atom. The van der Waals surface area contributed by atoms with Crippen LogP contribution in [0.5, 0.6) is 0 Å². The monoisotopic (exact) mass is 216 g/mol. The van der Waals surface area contributed by atoms with Crippen molar-refractivity contribution < 1.29 is 4.79 Å². The van der Waals surface area contributed by atoms with Crippen molar-refractivity contribution in [2.45, 2.75) is 20.8 Å². The summed E-state index contributed by atoms with van der Waals surface area (Å²) < 4.78 is 0. The lowest BCUT2D eigenvalue weighted by Crippen LogP contribution is -2.23. The summed E-state index contributed by atoms with van der Waals surface area (Å²) in [6.45, 7) is 6.55. The largest absolute Gasteiger partial charge is 0.358 e. The number of carbonyl (C=O) groups excluding carboxylic acids is 1. The number of fused-ring (bicyclic) bond motifs is 1. The average Bonchev–Trinajstić information content (AvgIpc) is 2.56. The number of hydrogen-bond donors (Lipinski definition) is 2. The van der Waals surface area contributed by atoms with Crippen molar-refractivity contribution in [2.24, 2.45) is 0 Å². The number of aromatic nitrogens is 1. The van der Waals surface area contributed by atoms with Gasteiger partial charge in [0.05, 0.1) is 5.56 Å². The van der Waals surface area contributed by atoms with Crippen LogP contribution in [0.2, 0.25) is 0 Å². The van der Waals surface area contributed by atoms with E-state index in [-0.39, 0.29) is 5.91 Å². The van der Waals surface area contributed by atoms with E-state index in [0.29, 0.717) is 6.54 Å². The zero-order chi connectivity index (χ0) is 11.7. The van der Waals surface area contributed by atoms with E-state index in [2.05, 4.69) is 10.3 Å². The molecule has 0 bridgehead atoms. The van der Waals surface area contributed by atoms with E-state index in [9.17, 15) is 4.79 Å². The Kier molecular flexibility index (Phi) is 2.69. The molecule has 16 heavy (non-hydrogen) atoms. The van der Waals surface area contributed by atoms with E-state index in [4.69, 9.17) is 0 Å². The van der Waals surface area contributed by atoms with Gasteiger partial charge in [-0.2, -0.15) is 0 Å². The molecule has 0 atom stereocenters. The van der Waals surface area contributed by atoms with Crippen LogP contribution in [0.15, 0.2) is 18.2 Å². The number of benzene rings is 1. The van der Waals surface area contributed by atoms with Crippen LogP contribution in [0.25, 0.3) is 10.9 Å². The van der Waals surface area contributed by atoms with Crippen LogP contribution in [-0.2, 0) is 0 Å². The summed E-state index contributed by atoms with van der Waals surface area (Å²) >= 11 is 0. The van der Waals surface area contributed by atoms with E-state index in [0.717, 1.165) is 27.7 Å². The van der Waals surface area contributed by atoms with E-state index >= 15 is 0 Å². The molecule has 2 rings (SSSR count). The molecule has 2 N–H and O–H groups in total. The normalized spacial score (nSPS) is 10.7. The number of rotatable bonds is 2. The average molecular weight is 216 g/mol. The lowest BCUT2D eigenvalue weighted by atomic mass is 10.1. The van der Waals surface area contributed by atoms with E-state index in [1.807, 2.05) is 39.0 Å². The second-order valence-corrected chi connectivity index (χ2v) is 3.98. The minimum atomic E-state index is -0.00292. The molecule has 0 aliphatic heterocycles. The van der Waals surface area contributed by atoms with Gasteiger partial charge in [-0.25, -0.2) is 0 Å². The summed E-state index contributed by atoms with van der Waals surface area (Å²) in [5.41, 5.74) is 3.91. The Labute approximate surface area is 94.9 Å². The number of aryl methyl sites for hydroxylation is 2. The summed E-state index contributed by atoms with van der Waals surface area (Å²) in [5.74, 6) is -0.00292. The highest BCUT2D eigenvalue weighted by molar-refractivity contribution is 6.08. The first-order valence-corrected chi connectivity index (χ1v) is 5.51. The Morgan fingerprint density at radius 3 is 2.81 bits per heavy atom. The molecule has 0 saturated carbocycles. The lowest BCUT2D eigenvalue weighted by molar-refractivity contribution is 0.0957. The van der Waals surface area contributed by atoms with Crippen molar-refractivity contribution in [1.29, 1.82) is 0 Å². The summed E-state index contributed by atoms with van der Waals surface area (Å²) in [5, 5.41) is 3.84. The van der Waals surface area contributed by atoms with Crippen LogP contribution in [0.4, 0.5) is 0 Å². The molecule has 0 fully saturated rings. The summed E-state index contributed by atoms with van der Waals surface area (Å²) in [4.78, 5) is 15.2. The Balaban J connectivity index is 2.65. The van der Waals surface area contributed by atoms with Crippen LogP contribution in [0.1, 0.15) is 28.5 Å². The van der Waals surface area contributed by atoms with Gasteiger partial charge in [0.2, 0.25) is 0 Å². The zero-order valence-corrected chi connectivity index (χ0v) is 9.85. The van der Waals surface area contributed by atoms with Gasteiger partial charge in [0, 0.05) is 23.1 Å². The fourth-order valence-corrected chi connectivity index (χ4v) is 2.04. The van der Waals surface area contributed by atoms with Crippen molar-refractivity contribution in [3.05, 3.63) is 35.0 Å². The van der Waals surface area contributed by atoms with Crippen LogP contribution in [0.3, 0.4) is 0 Å². The maximum Gasteiger partial charge on any atom is 0.253 e. The first-order chi connectivity index (χ1) is 7.65. The minimum Gasteiger partial charge on any atom is -0.358 e. The molecule has 1 aromatic carbocycles. The van der Waals surface area contributed by atoms with Crippen molar-refractivity contribution in [1.82, 2.24) is 10.3 Å². The van der Waals surface area contributed by atoms with E-state index in [1.54, 1.807) is 0 Å². The van der Waals surface area contributed by atoms with Gasteiger partial charge in [-0.05, 0) is 26.3 Å². The summed E-state index contributed by atoms with van der Waals surface area (Å²) in [6.07, 6.45) is 0. The number of nitrogens with one attached hydrogen (secondary N) is 2. The third-order valence-corrected chi connectivity index (χ3v) is 2.79. The predicted molar refractivity (Wildman–Crippen MR) is 65.8 cm³/mol. The van der Waals surface area contributed by atoms with Crippen LogP contribution in [-0.4, -0.2) is 17.4 Å². The number of para-hydroxylation sites is 1. The third kappa shape index (κ3) is 1.58. The molecule has 3 heteroatoms. The van der Waals surface area contributed by atoms with Gasteiger partial charge in [-0.15, -0.1) is 0 Å². The maximum absolute atomic E-state index is 11.9. The molecule has 1 aromatic heterocycles. The van der Waals surface area contributed by atoms with E-state index in [1.165, 1.54) is 0 Å². The Hall–Kier alpha value is -1.77. The number of H-pyrrole nitrogens is 1. The van der Waals surface area contributed by atoms with Crippen molar-refractivity contribution in [3.63, 3.8) is 0 Å². The molecule has 0 spiro atoms. The summed E-state index contributed by atoms with van der Waals surface area (Å²) in [7, 11) is 0. The van der Waals surface area contributed by atoms with Crippen molar-refractivity contribution >= 4 is 16.8 Å². The topological polar surface area (TPSA) is 44.9 Å². The molecule has 0 aliphatic carbocycles. The predicted octanol–water partition coefficient (Wildman–Crippen LogP) is 2.53. The van der Waals surface area contributed by atoms with Gasteiger partial charge in [0.1, 0.15) is 0 Å². The third-order valence-electron chi connectivity index (χ3n) is 2.79. The highest BCUT2D eigenvalue weighted by atomic mass is 16.1. The number of hydrogen-bond acceptors (Lipinski definition) is 1. The fourth-order valence-electron chi connectivity index (χ4n) is 2.04. The van der Waals surface area contributed by atoms with Crippen LogP contribution >= 0.6 is 0 Å². The molecular formula is C13H16N2O. The second-order valence-electron chi connectivity index (χ2n) is 3.98. The molecule has 0 aliphatic rings. The number of aromatic amines is 1. The standard InChI is InChI=1S/C13H16N2O/c1-4-14-13(16)11-9(3)15-12-8(2)6-5-7-10(11)12/h5-7,15H,4H2,1-3H3,(H,14,16). The van der Waals surface area contributed by atoms with Crippen LogP contribution < -0.4 is 5.32 Å². The first-order valence-electron chi connectivity index (χ1n) is 5.51. The highest BCUT2D eigenvalue weighted by Gasteiger charge is 2.15. The molecule has 0 unspecified atom stereocenters. The smallest absolute Gasteiger partial charge is 0.253 e. The number of amides is 1. The lowest BCUT2D eigenvalue weighted by Gasteiger charge is -2.02. The molecule has 2 aromatic rings. The first kappa shape index (κ1) is 10.7. The van der Waals surface area contributed by atoms with Gasteiger partial charge in [0.25, 0.3) is 5.91 Å². The SMILES string of the molecule is CCNC(=O)c1c(C)[nH]c2c(C)cccc12. The second kappa shape index (κ2) is 4.00. The van der Waals surface area contributed by atoms with Gasteiger partial charge >= 0.3 is 0 Å². The summed E-state index contributed by atoms with van der Waals surface area (Å²) in [6, 6.07) is 6.00. The van der Waals surface area contributed by atoms with Crippen molar-refractivity contribution in [2.75, 3.05) is 6.54 Å². The Morgan fingerprint density at radius 1 is 1.38 bits per heavy atom. The number of carbonyl (C=O) groups is 1. The quantitative estimate of drug-likeness (QED) is 0.796. The minimum absolute atomic E-state index is 0.00292. The Bertz CT molecular complexity index is 540. The molecule has 0 radical (unpaired) electrons. The van der Waals surface area contributed by atoms with Crippen molar-refractivity contribution in [3.8, 4) is 0 Å². The molecule has 1 heterocycles. The van der Waals surface area contributed by atoms with Gasteiger partial charge in [-0.3, -0.25) is 4.79 Å².